The molecule has 2 heteroatoms. The fourth-order valence-electron chi connectivity index (χ4n) is 2.33. The Morgan fingerprint density at radius 2 is 2.06 bits per heavy atom. The second kappa shape index (κ2) is 5.01. The Morgan fingerprint density at radius 1 is 1.41 bits per heavy atom. The zero-order chi connectivity index (χ0) is 12.4. The minimum atomic E-state index is 0.235. The molecule has 17 heavy (non-hydrogen) atoms. The smallest absolute Gasteiger partial charge is 0.177 e. The Balaban J connectivity index is 1.90. The maximum absolute atomic E-state index is 12.1. The van der Waals surface area contributed by atoms with Crippen molar-refractivity contribution in [2.45, 2.75) is 20.3 Å². The van der Waals surface area contributed by atoms with Gasteiger partial charge in [0, 0.05) is 12.1 Å². The molecule has 0 N–H and O–H groups in total. The summed E-state index contributed by atoms with van der Waals surface area (Å²) in [6, 6.07) is 7.83. The SMILES string of the molecule is Cc1ccccc1C(=O)CN(C)CC1CC1C. The van der Waals surface area contributed by atoms with Crippen molar-refractivity contribution < 1.29 is 4.79 Å². The summed E-state index contributed by atoms with van der Waals surface area (Å²) in [5.41, 5.74) is 1.94. The van der Waals surface area contributed by atoms with E-state index in [0.717, 1.165) is 29.5 Å². The van der Waals surface area contributed by atoms with Crippen LogP contribution in [0.3, 0.4) is 0 Å². The van der Waals surface area contributed by atoms with Crippen LogP contribution >= 0.6 is 0 Å². The van der Waals surface area contributed by atoms with Gasteiger partial charge in [0.1, 0.15) is 0 Å². The van der Waals surface area contributed by atoms with Crippen molar-refractivity contribution in [3.05, 3.63) is 35.4 Å². The van der Waals surface area contributed by atoms with Crippen molar-refractivity contribution in [1.29, 1.82) is 0 Å². The van der Waals surface area contributed by atoms with Gasteiger partial charge in [0.05, 0.1) is 6.54 Å². The molecule has 1 aliphatic rings. The van der Waals surface area contributed by atoms with Gasteiger partial charge in [-0.25, -0.2) is 0 Å². The van der Waals surface area contributed by atoms with Gasteiger partial charge in [0.25, 0.3) is 0 Å². The lowest BCUT2D eigenvalue weighted by Gasteiger charge is -2.16. The Morgan fingerprint density at radius 3 is 2.65 bits per heavy atom. The average Bonchev–Trinajstić information content (AvgIpc) is 2.94. The summed E-state index contributed by atoms with van der Waals surface area (Å²) in [6.45, 7) is 5.87. The quantitative estimate of drug-likeness (QED) is 0.726. The van der Waals surface area contributed by atoms with Crippen LogP contribution in [0.2, 0.25) is 0 Å². The minimum Gasteiger partial charge on any atom is -0.299 e. The van der Waals surface area contributed by atoms with Crippen LogP contribution < -0.4 is 0 Å². The van der Waals surface area contributed by atoms with Crippen molar-refractivity contribution in [3.8, 4) is 0 Å². The molecule has 2 unspecified atom stereocenters. The van der Waals surface area contributed by atoms with Gasteiger partial charge in [-0.15, -0.1) is 0 Å². The van der Waals surface area contributed by atoms with Crippen LogP contribution in [0.15, 0.2) is 24.3 Å². The van der Waals surface area contributed by atoms with Crippen LogP contribution in [-0.4, -0.2) is 30.8 Å². The molecular weight excluding hydrogens is 210 g/mol. The summed E-state index contributed by atoms with van der Waals surface area (Å²) in [6.07, 6.45) is 1.32. The Kier molecular flexibility index (Phi) is 3.63. The molecule has 2 nitrogen and oxygen atoms in total. The molecule has 0 bridgehead atoms. The van der Waals surface area contributed by atoms with Crippen molar-refractivity contribution >= 4 is 5.78 Å². The molecular formula is C15H21NO. The molecule has 0 spiro atoms. The number of Topliss-reactive ketones (excluding diaryl/α,β-unsaturated/α-hetero) is 1. The third kappa shape index (κ3) is 3.16. The Hall–Kier alpha value is -1.15. The highest BCUT2D eigenvalue weighted by molar-refractivity contribution is 5.98. The zero-order valence-corrected chi connectivity index (χ0v) is 10.9. The molecule has 1 fully saturated rings. The van der Waals surface area contributed by atoms with Crippen LogP contribution in [0.5, 0.6) is 0 Å². The molecule has 2 atom stereocenters. The predicted octanol–water partition coefficient (Wildman–Crippen LogP) is 2.77. The van der Waals surface area contributed by atoms with Crippen molar-refractivity contribution in [2.75, 3.05) is 20.1 Å². The van der Waals surface area contributed by atoms with Crippen molar-refractivity contribution in [2.24, 2.45) is 11.8 Å². The Labute approximate surface area is 104 Å². The third-order valence-corrected chi connectivity index (χ3v) is 3.68. The molecule has 0 aliphatic heterocycles. The summed E-state index contributed by atoms with van der Waals surface area (Å²) < 4.78 is 0. The highest BCUT2D eigenvalue weighted by Crippen LogP contribution is 2.37. The first-order valence-corrected chi connectivity index (χ1v) is 6.35. The molecule has 2 rings (SSSR count). The number of carbonyl (C=O) groups excluding carboxylic acids is 1. The second-order valence-corrected chi connectivity index (χ2v) is 5.41. The number of aryl methyl sites for hydroxylation is 1. The number of hydrogen-bond donors (Lipinski definition) is 0. The van der Waals surface area contributed by atoms with E-state index in [0.29, 0.717) is 6.54 Å². The van der Waals surface area contributed by atoms with Gasteiger partial charge in [-0.1, -0.05) is 31.2 Å². The fraction of sp³-hybridized carbons (Fsp3) is 0.533. The van der Waals surface area contributed by atoms with Crippen LogP contribution in [0, 0.1) is 18.8 Å². The van der Waals surface area contributed by atoms with Gasteiger partial charge >= 0.3 is 0 Å². The third-order valence-electron chi connectivity index (χ3n) is 3.68. The van der Waals surface area contributed by atoms with Gasteiger partial charge in [-0.05, 0) is 37.8 Å². The zero-order valence-electron chi connectivity index (χ0n) is 10.9. The van der Waals surface area contributed by atoms with Crippen LogP contribution in [-0.2, 0) is 0 Å². The van der Waals surface area contributed by atoms with Crippen LogP contribution in [0.25, 0.3) is 0 Å². The molecule has 0 amide bonds. The first-order chi connectivity index (χ1) is 8.08. The maximum atomic E-state index is 12.1. The van der Waals surface area contributed by atoms with E-state index in [9.17, 15) is 4.79 Å². The number of carbonyl (C=O) groups is 1. The monoisotopic (exact) mass is 231 g/mol. The summed E-state index contributed by atoms with van der Waals surface area (Å²) in [4.78, 5) is 14.3. The first-order valence-electron chi connectivity index (χ1n) is 6.35. The molecule has 92 valence electrons. The lowest BCUT2D eigenvalue weighted by molar-refractivity contribution is 0.0943. The lowest BCUT2D eigenvalue weighted by Crippen LogP contribution is -2.28. The van der Waals surface area contributed by atoms with E-state index in [1.54, 1.807) is 0 Å². The molecule has 1 aromatic carbocycles. The van der Waals surface area contributed by atoms with Gasteiger partial charge in [-0.2, -0.15) is 0 Å². The van der Waals surface area contributed by atoms with Gasteiger partial charge in [0.15, 0.2) is 5.78 Å². The lowest BCUT2D eigenvalue weighted by atomic mass is 10.0. The van der Waals surface area contributed by atoms with Crippen LogP contribution in [0.4, 0.5) is 0 Å². The number of nitrogens with zero attached hydrogens (tertiary/aromatic N) is 1. The molecule has 1 aliphatic carbocycles. The van der Waals surface area contributed by atoms with E-state index in [2.05, 4.69) is 11.8 Å². The van der Waals surface area contributed by atoms with Crippen molar-refractivity contribution in [3.63, 3.8) is 0 Å². The van der Waals surface area contributed by atoms with E-state index in [1.807, 2.05) is 38.2 Å². The summed E-state index contributed by atoms with van der Waals surface area (Å²) in [5, 5.41) is 0. The van der Waals surface area contributed by atoms with Gasteiger partial charge in [-0.3, -0.25) is 9.69 Å². The number of hydrogen-bond acceptors (Lipinski definition) is 2. The normalized spacial score (nSPS) is 22.8. The number of likely N-dealkylation sites (N-methyl/N-ethyl adjacent to an activating group) is 1. The van der Waals surface area contributed by atoms with E-state index in [-0.39, 0.29) is 5.78 Å². The van der Waals surface area contributed by atoms with Gasteiger partial charge < -0.3 is 0 Å². The standard InChI is InChI=1S/C15H21NO/c1-11-6-4-5-7-14(11)15(17)10-16(3)9-13-8-12(13)2/h4-7,12-13H,8-10H2,1-3H3. The molecule has 0 aromatic heterocycles. The fourth-order valence-corrected chi connectivity index (χ4v) is 2.33. The molecule has 1 aromatic rings. The van der Waals surface area contributed by atoms with Crippen molar-refractivity contribution in [1.82, 2.24) is 4.90 Å². The highest BCUT2D eigenvalue weighted by Gasteiger charge is 2.33. The summed E-state index contributed by atoms with van der Waals surface area (Å²) >= 11 is 0. The number of rotatable bonds is 5. The minimum absolute atomic E-state index is 0.235. The second-order valence-electron chi connectivity index (χ2n) is 5.41. The largest absolute Gasteiger partial charge is 0.299 e. The van der Waals surface area contributed by atoms with Gasteiger partial charge in [0.2, 0.25) is 0 Å². The number of ketones is 1. The Bertz CT molecular complexity index is 413. The highest BCUT2D eigenvalue weighted by atomic mass is 16.1. The molecule has 0 radical (unpaired) electrons. The van der Waals surface area contributed by atoms with E-state index < -0.39 is 0 Å². The van der Waals surface area contributed by atoms with E-state index >= 15 is 0 Å². The summed E-state index contributed by atoms with van der Waals surface area (Å²) in [5.74, 6) is 1.90. The van der Waals surface area contributed by atoms with E-state index in [1.165, 1.54) is 6.42 Å². The summed E-state index contributed by atoms with van der Waals surface area (Å²) in [7, 11) is 2.04. The topological polar surface area (TPSA) is 20.3 Å². The molecule has 0 saturated heterocycles. The van der Waals surface area contributed by atoms with Crippen LogP contribution in [0.1, 0.15) is 29.3 Å². The maximum Gasteiger partial charge on any atom is 0.177 e. The average molecular weight is 231 g/mol. The predicted molar refractivity (Wildman–Crippen MR) is 70.3 cm³/mol. The number of benzene rings is 1. The first kappa shape index (κ1) is 12.3. The molecule has 1 saturated carbocycles. The molecule has 0 heterocycles. The van der Waals surface area contributed by atoms with E-state index in [4.69, 9.17) is 0 Å².